The summed E-state index contributed by atoms with van der Waals surface area (Å²) in [6, 6.07) is 10.9. The number of likely N-dealkylation sites (tertiary alicyclic amines) is 1. The van der Waals surface area contributed by atoms with Gasteiger partial charge in [0.1, 0.15) is 0 Å². The molecule has 2 heterocycles. The highest BCUT2D eigenvalue weighted by Gasteiger charge is 2.41. The number of hydrogen-bond donors (Lipinski definition) is 1. The standard InChI is InChI=1S/C17H25NO2/c1-14-9-18(10-17(11-19)12-20-13-17)8-7-16(14)15-5-3-2-4-6-15/h2-6,14,16,19H,7-13H2,1H3. The maximum Gasteiger partial charge on any atom is 0.0579 e. The van der Waals surface area contributed by atoms with Gasteiger partial charge in [-0.1, -0.05) is 37.3 Å². The van der Waals surface area contributed by atoms with Gasteiger partial charge >= 0.3 is 0 Å². The monoisotopic (exact) mass is 275 g/mol. The van der Waals surface area contributed by atoms with Crippen LogP contribution < -0.4 is 0 Å². The van der Waals surface area contributed by atoms with Gasteiger partial charge < -0.3 is 14.7 Å². The molecule has 0 radical (unpaired) electrons. The van der Waals surface area contributed by atoms with E-state index in [4.69, 9.17) is 4.74 Å². The number of ether oxygens (including phenoxy) is 1. The molecule has 110 valence electrons. The average Bonchev–Trinajstić information content (AvgIpc) is 2.44. The summed E-state index contributed by atoms with van der Waals surface area (Å²) in [5.74, 6) is 1.35. The summed E-state index contributed by atoms with van der Waals surface area (Å²) in [5.41, 5.74) is 1.49. The molecule has 1 aromatic carbocycles. The fraction of sp³-hybridized carbons (Fsp3) is 0.647. The number of benzene rings is 1. The summed E-state index contributed by atoms with van der Waals surface area (Å²) in [7, 11) is 0. The van der Waals surface area contributed by atoms with Crippen LogP contribution in [0.4, 0.5) is 0 Å². The first-order chi connectivity index (χ1) is 9.72. The van der Waals surface area contributed by atoms with E-state index in [2.05, 4.69) is 42.2 Å². The molecule has 2 aliphatic rings. The Balaban J connectivity index is 1.59. The third kappa shape index (κ3) is 2.76. The van der Waals surface area contributed by atoms with Gasteiger partial charge in [-0.05, 0) is 30.4 Å². The van der Waals surface area contributed by atoms with Gasteiger partial charge in [-0.3, -0.25) is 0 Å². The molecule has 3 heteroatoms. The quantitative estimate of drug-likeness (QED) is 0.913. The molecule has 0 amide bonds. The molecule has 0 saturated carbocycles. The summed E-state index contributed by atoms with van der Waals surface area (Å²) in [6.07, 6.45) is 1.22. The molecule has 2 fully saturated rings. The molecule has 3 rings (SSSR count). The maximum absolute atomic E-state index is 9.56. The second-order valence-corrected chi connectivity index (χ2v) is 6.67. The second-order valence-electron chi connectivity index (χ2n) is 6.67. The summed E-state index contributed by atoms with van der Waals surface area (Å²) in [6.45, 7) is 7.28. The third-order valence-corrected chi connectivity index (χ3v) is 4.93. The molecule has 20 heavy (non-hydrogen) atoms. The van der Waals surface area contributed by atoms with E-state index >= 15 is 0 Å². The van der Waals surface area contributed by atoms with Crippen LogP contribution in [0, 0.1) is 11.3 Å². The molecule has 1 N–H and O–H groups in total. The van der Waals surface area contributed by atoms with Gasteiger partial charge in [0.25, 0.3) is 0 Å². The molecule has 2 saturated heterocycles. The van der Waals surface area contributed by atoms with Crippen LogP contribution in [0.2, 0.25) is 0 Å². The Labute approximate surface area is 121 Å². The first-order valence-electron chi connectivity index (χ1n) is 7.68. The minimum absolute atomic E-state index is 0.0132. The van der Waals surface area contributed by atoms with Crippen LogP contribution in [0.25, 0.3) is 0 Å². The van der Waals surface area contributed by atoms with Crippen LogP contribution in [0.15, 0.2) is 30.3 Å². The lowest BCUT2D eigenvalue weighted by atomic mass is 9.80. The smallest absolute Gasteiger partial charge is 0.0579 e. The molecule has 3 nitrogen and oxygen atoms in total. The lowest BCUT2D eigenvalue weighted by Crippen LogP contribution is -2.55. The lowest BCUT2D eigenvalue weighted by molar-refractivity contribution is -0.150. The van der Waals surface area contributed by atoms with E-state index < -0.39 is 0 Å². The minimum Gasteiger partial charge on any atom is -0.396 e. The number of aliphatic hydroxyl groups excluding tert-OH is 1. The minimum atomic E-state index is 0.0132. The number of rotatable bonds is 4. The number of nitrogens with zero attached hydrogens (tertiary/aromatic N) is 1. The third-order valence-electron chi connectivity index (χ3n) is 4.93. The van der Waals surface area contributed by atoms with E-state index in [1.807, 2.05) is 0 Å². The first kappa shape index (κ1) is 14.1. The molecule has 2 aliphatic heterocycles. The van der Waals surface area contributed by atoms with Crippen LogP contribution in [-0.4, -0.2) is 49.5 Å². The fourth-order valence-electron chi connectivity index (χ4n) is 3.67. The van der Waals surface area contributed by atoms with Crippen LogP contribution in [0.3, 0.4) is 0 Å². The van der Waals surface area contributed by atoms with E-state index in [1.54, 1.807) is 0 Å². The van der Waals surface area contributed by atoms with Crippen molar-refractivity contribution in [1.82, 2.24) is 4.90 Å². The van der Waals surface area contributed by atoms with Crippen LogP contribution in [0.5, 0.6) is 0 Å². The highest BCUT2D eigenvalue weighted by atomic mass is 16.5. The van der Waals surface area contributed by atoms with Crippen LogP contribution >= 0.6 is 0 Å². The average molecular weight is 275 g/mol. The zero-order chi connectivity index (χ0) is 14.0. The zero-order valence-corrected chi connectivity index (χ0v) is 12.3. The summed E-state index contributed by atoms with van der Waals surface area (Å²) >= 11 is 0. The SMILES string of the molecule is CC1CN(CC2(CO)COC2)CCC1c1ccccc1. The Morgan fingerprint density at radius 2 is 2.05 bits per heavy atom. The van der Waals surface area contributed by atoms with Crippen molar-refractivity contribution in [3.05, 3.63) is 35.9 Å². The van der Waals surface area contributed by atoms with Gasteiger partial charge in [0.15, 0.2) is 0 Å². The molecular weight excluding hydrogens is 250 g/mol. The molecule has 0 spiro atoms. The van der Waals surface area contributed by atoms with E-state index in [9.17, 15) is 5.11 Å². The lowest BCUT2D eigenvalue weighted by Gasteiger charge is -2.46. The van der Waals surface area contributed by atoms with Crippen molar-refractivity contribution in [2.75, 3.05) is 39.5 Å². The number of aliphatic hydroxyl groups is 1. The van der Waals surface area contributed by atoms with Gasteiger partial charge in [-0.2, -0.15) is 0 Å². The summed E-state index contributed by atoms with van der Waals surface area (Å²) in [4.78, 5) is 2.52. The van der Waals surface area contributed by atoms with Gasteiger partial charge in [0, 0.05) is 13.1 Å². The van der Waals surface area contributed by atoms with E-state index in [-0.39, 0.29) is 12.0 Å². The Bertz CT molecular complexity index is 424. The van der Waals surface area contributed by atoms with Gasteiger partial charge in [0.05, 0.1) is 25.2 Å². The van der Waals surface area contributed by atoms with Crippen molar-refractivity contribution < 1.29 is 9.84 Å². The van der Waals surface area contributed by atoms with Crippen LogP contribution in [0.1, 0.15) is 24.8 Å². The highest BCUT2D eigenvalue weighted by Crippen LogP contribution is 2.35. The molecule has 0 aromatic heterocycles. The molecular formula is C17H25NO2. The predicted molar refractivity (Wildman–Crippen MR) is 79.7 cm³/mol. The van der Waals surface area contributed by atoms with E-state index in [0.29, 0.717) is 11.8 Å². The second kappa shape index (κ2) is 5.84. The Kier molecular flexibility index (Phi) is 4.11. The van der Waals surface area contributed by atoms with Crippen molar-refractivity contribution in [3.8, 4) is 0 Å². The van der Waals surface area contributed by atoms with Crippen molar-refractivity contribution in [2.45, 2.75) is 19.3 Å². The highest BCUT2D eigenvalue weighted by molar-refractivity contribution is 5.21. The van der Waals surface area contributed by atoms with Crippen molar-refractivity contribution in [1.29, 1.82) is 0 Å². The molecule has 2 atom stereocenters. The summed E-state index contributed by atoms with van der Waals surface area (Å²) < 4.78 is 5.30. The molecule has 1 aromatic rings. The zero-order valence-electron chi connectivity index (χ0n) is 12.3. The largest absolute Gasteiger partial charge is 0.396 e. The van der Waals surface area contributed by atoms with E-state index in [0.717, 1.165) is 32.8 Å². The van der Waals surface area contributed by atoms with E-state index in [1.165, 1.54) is 12.0 Å². The van der Waals surface area contributed by atoms with Crippen molar-refractivity contribution in [3.63, 3.8) is 0 Å². The first-order valence-corrected chi connectivity index (χ1v) is 7.68. The predicted octanol–water partition coefficient (Wildman–Crippen LogP) is 2.12. The van der Waals surface area contributed by atoms with Gasteiger partial charge in [-0.15, -0.1) is 0 Å². The Hall–Kier alpha value is -0.900. The Morgan fingerprint density at radius 3 is 2.60 bits per heavy atom. The maximum atomic E-state index is 9.56. The van der Waals surface area contributed by atoms with Crippen molar-refractivity contribution >= 4 is 0 Å². The Morgan fingerprint density at radius 1 is 1.30 bits per heavy atom. The van der Waals surface area contributed by atoms with Gasteiger partial charge in [0.2, 0.25) is 0 Å². The normalized spacial score (nSPS) is 29.9. The van der Waals surface area contributed by atoms with Crippen LogP contribution in [-0.2, 0) is 4.74 Å². The number of hydrogen-bond acceptors (Lipinski definition) is 3. The molecule has 0 bridgehead atoms. The molecule has 0 aliphatic carbocycles. The number of piperidine rings is 1. The topological polar surface area (TPSA) is 32.7 Å². The van der Waals surface area contributed by atoms with Gasteiger partial charge in [-0.25, -0.2) is 0 Å². The molecule has 2 unspecified atom stereocenters. The fourth-order valence-corrected chi connectivity index (χ4v) is 3.67. The summed E-state index contributed by atoms with van der Waals surface area (Å²) in [5, 5.41) is 9.56. The van der Waals surface area contributed by atoms with Crippen molar-refractivity contribution in [2.24, 2.45) is 11.3 Å².